The Morgan fingerprint density at radius 2 is 2.14 bits per heavy atom. The zero-order chi connectivity index (χ0) is 14.8. The number of hydrogen-bond donors (Lipinski definition) is 1. The van der Waals surface area contributed by atoms with Gasteiger partial charge in [-0.3, -0.25) is 0 Å². The summed E-state index contributed by atoms with van der Waals surface area (Å²) in [7, 11) is 0. The second-order valence-electron chi connectivity index (χ2n) is 5.42. The van der Waals surface area contributed by atoms with Crippen LogP contribution in [0.2, 0.25) is 0 Å². The predicted octanol–water partition coefficient (Wildman–Crippen LogP) is 4.29. The number of hydrogen-bond acceptors (Lipinski definition) is 3. The lowest BCUT2D eigenvalue weighted by Crippen LogP contribution is -2.15. The first kappa shape index (κ1) is 14.6. The van der Waals surface area contributed by atoms with Crippen LogP contribution in [-0.2, 0) is 13.0 Å². The molecule has 5 heteroatoms. The molecule has 112 valence electrons. The van der Waals surface area contributed by atoms with E-state index >= 15 is 0 Å². The molecule has 0 aliphatic heterocycles. The van der Waals surface area contributed by atoms with Crippen molar-refractivity contribution in [3.8, 4) is 10.6 Å². The van der Waals surface area contributed by atoms with Gasteiger partial charge in [0, 0.05) is 29.1 Å². The van der Waals surface area contributed by atoms with E-state index in [4.69, 9.17) is 0 Å². The highest BCUT2D eigenvalue weighted by atomic mass is 32.1. The fourth-order valence-corrected chi connectivity index (χ4v) is 3.34. The lowest BCUT2D eigenvalue weighted by atomic mass is 10.2. The first-order valence-corrected chi connectivity index (χ1v) is 8.16. The van der Waals surface area contributed by atoms with Crippen molar-refractivity contribution in [2.75, 3.05) is 0 Å². The third-order valence-electron chi connectivity index (χ3n) is 3.56. The summed E-state index contributed by atoms with van der Waals surface area (Å²) in [6.07, 6.45) is 4.37. The molecule has 0 saturated heterocycles. The Bertz CT molecular complexity index is 635. The molecule has 0 radical (unpaired) electrons. The van der Waals surface area contributed by atoms with Gasteiger partial charge in [0.1, 0.15) is 16.6 Å². The molecule has 1 N–H and O–H groups in total. The predicted molar refractivity (Wildman–Crippen MR) is 81.3 cm³/mol. The summed E-state index contributed by atoms with van der Waals surface area (Å²) in [4.78, 5) is 5.74. The number of halogens is 2. The van der Waals surface area contributed by atoms with Gasteiger partial charge in [0.25, 0.3) is 0 Å². The third kappa shape index (κ3) is 3.47. The van der Waals surface area contributed by atoms with E-state index in [1.54, 1.807) is 0 Å². The highest BCUT2D eigenvalue weighted by molar-refractivity contribution is 7.15. The van der Waals surface area contributed by atoms with E-state index in [0.29, 0.717) is 16.6 Å². The molecule has 0 unspecified atom stereocenters. The lowest BCUT2D eigenvalue weighted by Gasteiger charge is -2.01. The summed E-state index contributed by atoms with van der Waals surface area (Å²) in [5.74, 6) is -1.11. The maximum atomic E-state index is 13.9. The van der Waals surface area contributed by atoms with Crippen molar-refractivity contribution in [2.24, 2.45) is 0 Å². The third-order valence-corrected chi connectivity index (χ3v) is 4.69. The number of nitrogens with one attached hydrogen (secondary N) is 1. The van der Waals surface area contributed by atoms with Gasteiger partial charge in [-0.25, -0.2) is 13.8 Å². The van der Waals surface area contributed by atoms with Crippen molar-refractivity contribution >= 4 is 11.3 Å². The van der Waals surface area contributed by atoms with E-state index < -0.39 is 11.6 Å². The van der Waals surface area contributed by atoms with Gasteiger partial charge in [0.15, 0.2) is 0 Å². The summed E-state index contributed by atoms with van der Waals surface area (Å²) in [6, 6.07) is 4.30. The molecule has 0 atom stereocenters. The van der Waals surface area contributed by atoms with E-state index in [1.807, 2.05) is 0 Å². The number of thiazole rings is 1. The molecule has 2 nitrogen and oxygen atoms in total. The summed E-state index contributed by atoms with van der Waals surface area (Å²) in [5.41, 5.74) is 1.42. The van der Waals surface area contributed by atoms with Crippen molar-refractivity contribution in [1.82, 2.24) is 10.3 Å². The highest BCUT2D eigenvalue weighted by Crippen LogP contribution is 2.31. The Morgan fingerprint density at radius 3 is 2.81 bits per heavy atom. The molecular formula is C16H18F2N2S. The molecule has 1 aromatic carbocycles. The van der Waals surface area contributed by atoms with Crippen LogP contribution in [0, 0.1) is 11.6 Å². The molecule has 1 heterocycles. The lowest BCUT2D eigenvalue weighted by molar-refractivity contribution is 0.585. The molecule has 1 saturated carbocycles. The van der Waals surface area contributed by atoms with Gasteiger partial charge >= 0.3 is 0 Å². The van der Waals surface area contributed by atoms with Crippen LogP contribution < -0.4 is 5.32 Å². The number of aromatic nitrogens is 1. The van der Waals surface area contributed by atoms with Crippen molar-refractivity contribution in [3.05, 3.63) is 40.4 Å². The van der Waals surface area contributed by atoms with Crippen molar-refractivity contribution in [3.63, 3.8) is 0 Å². The highest BCUT2D eigenvalue weighted by Gasteiger charge is 2.22. The first-order chi connectivity index (χ1) is 10.2. The number of rotatable bonds is 6. The number of nitrogens with zero attached hydrogens (tertiary/aromatic N) is 1. The maximum Gasteiger partial charge on any atom is 0.136 e. The Balaban J connectivity index is 1.88. The molecule has 1 aromatic heterocycles. The van der Waals surface area contributed by atoms with E-state index in [0.717, 1.165) is 31.1 Å². The SMILES string of the molecule is CCCc1nc(-c2ccc(F)cc2F)sc1CNC1CC1. The minimum absolute atomic E-state index is 0.386. The summed E-state index contributed by atoms with van der Waals surface area (Å²) >= 11 is 1.51. The average molecular weight is 308 g/mol. The second-order valence-corrected chi connectivity index (χ2v) is 6.50. The van der Waals surface area contributed by atoms with Crippen molar-refractivity contribution in [2.45, 2.75) is 45.2 Å². The van der Waals surface area contributed by atoms with Crippen molar-refractivity contribution < 1.29 is 8.78 Å². The number of aryl methyl sites for hydroxylation is 1. The Labute approximate surface area is 127 Å². The zero-order valence-electron chi connectivity index (χ0n) is 12.0. The van der Waals surface area contributed by atoms with Gasteiger partial charge in [-0.1, -0.05) is 13.3 Å². The van der Waals surface area contributed by atoms with Crippen LogP contribution in [0.15, 0.2) is 18.2 Å². The molecule has 3 rings (SSSR count). The molecule has 1 aliphatic carbocycles. The van der Waals surface area contributed by atoms with E-state index in [-0.39, 0.29) is 0 Å². The number of benzene rings is 1. The van der Waals surface area contributed by atoms with Crippen LogP contribution in [-0.4, -0.2) is 11.0 Å². The normalized spacial score (nSPS) is 14.6. The van der Waals surface area contributed by atoms with Gasteiger partial charge in [0.2, 0.25) is 0 Å². The summed E-state index contributed by atoms with van der Waals surface area (Å²) < 4.78 is 26.9. The molecular weight excluding hydrogens is 290 g/mol. The summed E-state index contributed by atoms with van der Waals surface area (Å²) in [6.45, 7) is 2.90. The van der Waals surface area contributed by atoms with Crippen molar-refractivity contribution in [1.29, 1.82) is 0 Å². The molecule has 0 spiro atoms. The average Bonchev–Trinajstić information content (AvgIpc) is 3.19. The molecule has 1 aliphatic rings. The van der Waals surface area contributed by atoms with Gasteiger partial charge in [-0.2, -0.15) is 0 Å². The quantitative estimate of drug-likeness (QED) is 0.861. The van der Waals surface area contributed by atoms with Crippen LogP contribution in [0.4, 0.5) is 8.78 Å². The van der Waals surface area contributed by atoms with E-state index in [9.17, 15) is 8.78 Å². The molecule has 1 fully saturated rings. The largest absolute Gasteiger partial charge is 0.309 e. The minimum Gasteiger partial charge on any atom is -0.309 e. The van der Waals surface area contributed by atoms with E-state index in [1.165, 1.54) is 41.2 Å². The monoisotopic (exact) mass is 308 g/mol. The first-order valence-electron chi connectivity index (χ1n) is 7.34. The van der Waals surface area contributed by atoms with Crippen LogP contribution in [0.25, 0.3) is 10.6 Å². The Kier molecular flexibility index (Phi) is 4.31. The fraction of sp³-hybridized carbons (Fsp3) is 0.438. The van der Waals surface area contributed by atoms with Crippen LogP contribution in [0.1, 0.15) is 36.8 Å². The maximum absolute atomic E-state index is 13.9. The Morgan fingerprint density at radius 1 is 1.33 bits per heavy atom. The zero-order valence-corrected chi connectivity index (χ0v) is 12.8. The van der Waals surface area contributed by atoms with Crippen LogP contribution in [0.5, 0.6) is 0 Å². The van der Waals surface area contributed by atoms with Gasteiger partial charge in [0.05, 0.1) is 5.69 Å². The molecule has 0 amide bonds. The topological polar surface area (TPSA) is 24.9 Å². The molecule has 2 aromatic rings. The molecule has 0 bridgehead atoms. The minimum atomic E-state index is -0.558. The van der Waals surface area contributed by atoms with Crippen LogP contribution in [0.3, 0.4) is 0 Å². The standard InChI is InChI=1S/C16H18F2N2S/c1-2-3-14-15(9-19-11-5-6-11)21-16(20-14)12-7-4-10(17)8-13(12)18/h4,7-8,11,19H,2-3,5-6,9H2,1H3. The van der Waals surface area contributed by atoms with E-state index in [2.05, 4.69) is 17.2 Å². The van der Waals surface area contributed by atoms with Gasteiger partial charge < -0.3 is 5.32 Å². The smallest absolute Gasteiger partial charge is 0.136 e. The Hall–Kier alpha value is -1.33. The van der Waals surface area contributed by atoms with Gasteiger partial charge in [-0.15, -0.1) is 11.3 Å². The fourth-order valence-electron chi connectivity index (χ4n) is 2.26. The summed E-state index contributed by atoms with van der Waals surface area (Å²) in [5, 5.41) is 4.12. The molecule has 21 heavy (non-hydrogen) atoms. The van der Waals surface area contributed by atoms with Gasteiger partial charge in [-0.05, 0) is 31.4 Å². The van der Waals surface area contributed by atoms with Crippen LogP contribution >= 0.6 is 11.3 Å². The second kappa shape index (κ2) is 6.20.